The molecule has 0 unspecified atom stereocenters. The van der Waals surface area contributed by atoms with Gasteiger partial charge in [-0.15, -0.1) is 0 Å². The number of hydrogen-bond donors (Lipinski definition) is 0. The number of fused-ring (bicyclic) bond motifs is 1. The van der Waals surface area contributed by atoms with Gasteiger partial charge in [-0.3, -0.25) is 0 Å². The fraction of sp³-hybridized carbons (Fsp3) is 0.174. The first-order valence-electron chi connectivity index (χ1n) is 9.13. The van der Waals surface area contributed by atoms with E-state index in [4.69, 9.17) is 9.47 Å². The SMILES string of the molecule is CCc1cccc(Oc2ccc3nc(COc4ccccc4)n(C)c3c2)c1. The van der Waals surface area contributed by atoms with E-state index in [1.165, 1.54) is 5.56 Å². The van der Waals surface area contributed by atoms with Crippen LogP contribution in [0.4, 0.5) is 0 Å². The predicted molar refractivity (Wildman–Crippen MR) is 107 cm³/mol. The third-order valence-electron chi connectivity index (χ3n) is 4.60. The summed E-state index contributed by atoms with van der Waals surface area (Å²) >= 11 is 0. The topological polar surface area (TPSA) is 36.3 Å². The van der Waals surface area contributed by atoms with Crippen LogP contribution in [-0.2, 0) is 20.1 Å². The molecule has 0 N–H and O–H groups in total. The summed E-state index contributed by atoms with van der Waals surface area (Å²) in [6, 6.07) is 23.9. The van der Waals surface area contributed by atoms with Crippen LogP contribution >= 0.6 is 0 Å². The van der Waals surface area contributed by atoms with Gasteiger partial charge in [0.25, 0.3) is 0 Å². The lowest BCUT2D eigenvalue weighted by molar-refractivity contribution is 0.292. The average Bonchev–Trinajstić information content (AvgIpc) is 3.03. The Morgan fingerprint density at radius 3 is 2.44 bits per heavy atom. The van der Waals surface area contributed by atoms with Crippen LogP contribution in [-0.4, -0.2) is 9.55 Å². The summed E-state index contributed by atoms with van der Waals surface area (Å²) < 4.78 is 13.9. The van der Waals surface area contributed by atoms with Gasteiger partial charge in [-0.2, -0.15) is 0 Å². The van der Waals surface area contributed by atoms with Crippen LogP contribution in [0.3, 0.4) is 0 Å². The smallest absolute Gasteiger partial charge is 0.147 e. The molecule has 0 radical (unpaired) electrons. The summed E-state index contributed by atoms with van der Waals surface area (Å²) in [5, 5.41) is 0. The molecule has 1 aromatic heterocycles. The fourth-order valence-electron chi connectivity index (χ4n) is 3.04. The van der Waals surface area contributed by atoms with Gasteiger partial charge in [-0.05, 0) is 48.4 Å². The largest absolute Gasteiger partial charge is 0.486 e. The van der Waals surface area contributed by atoms with Gasteiger partial charge in [-0.1, -0.05) is 37.3 Å². The summed E-state index contributed by atoms with van der Waals surface area (Å²) in [7, 11) is 2.00. The lowest BCUT2D eigenvalue weighted by atomic mass is 10.2. The van der Waals surface area contributed by atoms with E-state index < -0.39 is 0 Å². The number of hydrogen-bond acceptors (Lipinski definition) is 3. The average molecular weight is 358 g/mol. The number of aryl methyl sites for hydroxylation is 2. The molecule has 136 valence electrons. The normalized spacial score (nSPS) is 10.9. The zero-order valence-corrected chi connectivity index (χ0v) is 15.6. The van der Waals surface area contributed by atoms with Crippen LogP contribution in [0.5, 0.6) is 17.2 Å². The monoisotopic (exact) mass is 358 g/mol. The van der Waals surface area contributed by atoms with Crippen molar-refractivity contribution < 1.29 is 9.47 Å². The number of benzene rings is 3. The van der Waals surface area contributed by atoms with E-state index in [1.807, 2.05) is 72.3 Å². The molecule has 0 bridgehead atoms. The molecule has 0 fully saturated rings. The Morgan fingerprint density at radius 2 is 1.63 bits per heavy atom. The van der Waals surface area contributed by atoms with Gasteiger partial charge in [0.05, 0.1) is 11.0 Å². The molecule has 0 atom stereocenters. The molecule has 0 aliphatic heterocycles. The van der Waals surface area contributed by atoms with E-state index in [2.05, 4.69) is 24.0 Å². The van der Waals surface area contributed by atoms with Crippen molar-refractivity contribution in [1.29, 1.82) is 0 Å². The van der Waals surface area contributed by atoms with Gasteiger partial charge in [-0.25, -0.2) is 4.98 Å². The number of imidazole rings is 1. The number of para-hydroxylation sites is 1. The van der Waals surface area contributed by atoms with Crippen LogP contribution in [0.25, 0.3) is 11.0 Å². The Hall–Kier alpha value is -3.27. The molecule has 4 heteroatoms. The first-order valence-corrected chi connectivity index (χ1v) is 9.13. The maximum absolute atomic E-state index is 6.05. The highest BCUT2D eigenvalue weighted by Crippen LogP contribution is 2.27. The van der Waals surface area contributed by atoms with Crippen molar-refractivity contribution in [2.24, 2.45) is 7.05 Å². The molecule has 0 saturated carbocycles. The second-order valence-corrected chi connectivity index (χ2v) is 6.44. The van der Waals surface area contributed by atoms with Gasteiger partial charge in [0.1, 0.15) is 29.7 Å². The number of rotatable bonds is 6. The van der Waals surface area contributed by atoms with Crippen LogP contribution < -0.4 is 9.47 Å². The first kappa shape index (κ1) is 17.2. The van der Waals surface area contributed by atoms with Crippen molar-refractivity contribution in [1.82, 2.24) is 9.55 Å². The van der Waals surface area contributed by atoms with Crippen LogP contribution in [0.2, 0.25) is 0 Å². The zero-order chi connectivity index (χ0) is 18.6. The fourth-order valence-corrected chi connectivity index (χ4v) is 3.04. The third-order valence-corrected chi connectivity index (χ3v) is 4.60. The molecule has 4 nitrogen and oxygen atoms in total. The number of ether oxygens (including phenoxy) is 2. The molecule has 0 aliphatic rings. The van der Waals surface area contributed by atoms with Crippen molar-refractivity contribution in [3.8, 4) is 17.2 Å². The highest BCUT2D eigenvalue weighted by molar-refractivity contribution is 5.77. The van der Waals surface area contributed by atoms with Crippen LogP contribution in [0.15, 0.2) is 72.8 Å². The van der Waals surface area contributed by atoms with Gasteiger partial charge < -0.3 is 14.0 Å². The number of aromatic nitrogens is 2. The molecule has 1 heterocycles. The third kappa shape index (κ3) is 3.80. The zero-order valence-electron chi connectivity index (χ0n) is 15.6. The van der Waals surface area contributed by atoms with E-state index in [0.717, 1.165) is 40.5 Å². The van der Waals surface area contributed by atoms with Gasteiger partial charge in [0, 0.05) is 13.1 Å². The van der Waals surface area contributed by atoms with Crippen molar-refractivity contribution >= 4 is 11.0 Å². The van der Waals surface area contributed by atoms with Crippen molar-refractivity contribution in [2.75, 3.05) is 0 Å². The van der Waals surface area contributed by atoms with Crippen LogP contribution in [0, 0.1) is 0 Å². The molecular formula is C23H22N2O2. The van der Waals surface area contributed by atoms with E-state index in [-0.39, 0.29) is 0 Å². The van der Waals surface area contributed by atoms with Gasteiger partial charge in [0.2, 0.25) is 0 Å². The summed E-state index contributed by atoms with van der Waals surface area (Å²) in [6.45, 7) is 2.56. The molecule has 27 heavy (non-hydrogen) atoms. The molecule has 0 aliphatic carbocycles. The summed E-state index contributed by atoms with van der Waals surface area (Å²) in [6.07, 6.45) is 0.989. The standard InChI is InChI=1S/C23H22N2O2/c1-3-17-8-7-11-19(14-17)27-20-12-13-21-22(15-20)25(2)23(24-21)16-26-18-9-5-4-6-10-18/h4-15H,3,16H2,1-2H3. The van der Waals surface area contributed by atoms with Crippen LogP contribution in [0.1, 0.15) is 18.3 Å². The minimum Gasteiger partial charge on any atom is -0.486 e. The van der Waals surface area contributed by atoms with Gasteiger partial charge in [0.15, 0.2) is 0 Å². The Labute approximate surface area is 159 Å². The van der Waals surface area contributed by atoms with E-state index in [1.54, 1.807) is 0 Å². The molecule has 0 saturated heterocycles. The Morgan fingerprint density at radius 1 is 0.852 bits per heavy atom. The highest BCUT2D eigenvalue weighted by Gasteiger charge is 2.10. The summed E-state index contributed by atoms with van der Waals surface area (Å²) in [4.78, 5) is 4.69. The minimum atomic E-state index is 0.421. The lowest BCUT2D eigenvalue weighted by Gasteiger charge is -2.08. The minimum absolute atomic E-state index is 0.421. The predicted octanol–water partition coefficient (Wildman–Crippen LogP) is 5.51. The Balaban J connectivity index is 1.56. The number of nitrogens with zero attached hydrogens (tertiary/aromatic N) is 2. The molecule has 3 aromatic carbocycles. The van der Waals surface area contributed by atoms with Gasteiger partial charge >= 0.3 is 0 Å². The molecule has 4 aromatic rings. The quantitative estimate of drug-likeness (QED) is 0.456. The molecular weight excluding hydrogens is 336 g/mol. The summed E-state index contributed by atoms with van der Waals surface area (Å²) in [5.41, 5.74) is 3.21. The second kappa shape index (κ2) is 7.54. The molecule has 0 amide bonds. The maximum Gasteiger partial charge on any atom is 0.147 e. The Bertz CT molecular complexity index is 1050. The van der Waals surface area contributed by atoms with Crippen molar-refractivity contribution in [2.45, 2.75) is 20.0 Å². The molecule has 4 rings (SSSR count). The van der Waals surface area contributed by atoms with Crippen molar-refractivity contribution in [3.05, 3.63) is 84.2 Å². The molecule has 0 spiro atoms. The van der Waals surface area contributed by atoms with E-state index in [0.29, 0.717) is 6.61 Å². The van der Waals surface area contributed by atoms with E-state index >= 15 is 0 Å². The maximum atomic E-state index is 6.05. The first-order chi connectivity index (χ1) is 13.2. The van der Waals surface area contributed by atoms with E-state index in [9.17, 15) is 0 Å². The summed E-state index contributed by atoms with van der Waals surface area (Å²) in [5.74, 6) is 3.36. The second-order valence-electron chi connectivity index (χ2n) is 6.44. The highest BCUT2D eigenvalue weighted by atomic mass is 16.5. The Kier molecular flexibility index (Phi) is 4.79. The lowest BCUT2D eigenvalue weighted by Crippen LogP contribution is -2.03. The van der Waals surface area contributed by atoms with Crippen molar-refractivity contribution in [3.63, 3.8) is 0 Å².